The number of halogens is 1. The van der Waals surface area contributed by atoms with Gasteiger partial charge in [-0.15, -0.1) is 0 Å². The fourth-order valence-corrected chi connectivity index (χ4v) is 3.63. The van der Waals surface area contributed by atoms with Crippen LogP contribution in [0.15, 0.2) is 43.2 Å². The number of nitrogens with zero attached hydrogens (tertiary/aromatic N) is 7. The van der Waals surface area contributed by atoms with Crippen LogP contribution in [-0.2, 0) is 7.05 Å². The monoisotopic (exact) mass is 434 g/mol. The van der Waals surface area contributed by atoms with E-state index in [4.69, 9.17) is 15.2 Å². The Morgan fingerprint density at radius 1 is 1.16 bits per heavy atom. The van der Waals surface area contributed by atoms with Crippen LogP contribution < -0.4 is 15.2 Å². The summed E-state index contributed by atoms with van der Waals surface area (Å²) in [4.78, 5) is 12.7. The van der Waals surface area contributed by atoms with Crippen LogP contribution in [0.1, 0.15) is 18.9 Å². The number of nitrogen functional groups attached to an aromatic ring is 1. The largest absolute Gasteiger partial charge is 0.493 e. The molecule has 1 aromatic carbocycles. The second-order valence-corrected chi connectivity index (χ2v) is 7.18. The van der Waals surface area contributed by atoms with Crippen molar-refractivity contribution in [1.82, 2.24) is 34.3 Å². The Balaban J connectivity index is 1.74. The van der Waals surface area contributed by atoms with Gasteiger partial charge in [-0.2, -0.15) is 10.2 Å². The van der Waals surface area contributed by atoms with Crippen molar-refractivity contribution in [2.45, 2.75) is 13.0 Å². The lowest BCUT2D eigenvalue weighted by molar-refractivity contribution is 0.209. The molecule has 0 fully saturated rings. The maximum atomic E-state index is 15.4. The molecule has 0 aliphatic carbocycles. The van der Waals surface area contributed by atoms with Crippen molar-refractivity contribution in [3.05, 3.63) is 54.9 Å². The number of anilines is 1. The van der Waals surface area contributed by atoms with Crippen LogP contribution >= 0.6 is 0 Å². The van der Waals surface area contributed by atoms with Gasteiger partial charge in [0.05, 0.1) is 24.2 Å². The number of aryl methyl sites for hydroxylation is 1. The summed E-state index contributed by atoms with van der Waals surface area (Å²) >= 11 is 0. The molecule has 11 heteroatoms. The van der Waals surface area contributed by atoms with Crippen molar-refractivity contribution in [2.24, 2.45) is 7.05 Å². The van der Waals surface area contributed by atoms with Crippen molar-refractivity contribution in [3.8, 4) is 22.6 Å². The van der Waals surface area contributed by atoms with E-state index in [2.05, 4.69) is 25.1 Å². The second-order valence-electron chi connectivity index (χ2n) is 7.18. The number of benzene rings is 1. The predicted molar refractivity (Wildman–Crippen MR) is 115 cm³/mol. The molecule has 4 aromatic heterocycles. The van der Waals surface area contributed by atoms with Crippen LogP contribution in [0.5, 0.6) is 11.5 Å². The van der Waals surface area contributed by atoms with Crippen molar-refractivity contribution < 1.29 is 13.9 Å². The van der Waals surface area contributed by atoms with Gasteiger partial charge in [0.25, 0.3) is 0 Å². The standard InChI is InChI=1S/C21H19FN8O2/c1-11(21-26-10-29(2)28-21)32-19-15(31-3)8-13(18-16(19)20(23)25-9-24-18)12-5-7-30-14(17(12)22)4-6-27-30/h4-11H,1-3H3,(H2,23,24,25)/t11-/m1/s1. The highest BCUT2D eigenvalue weighted by molar-refractivity contribution is 6.04. The maximum absolute atomic E-state index is 15.4. The molecule has 32 heavy (non-hydrogen) atoms. The molecule has 162 valence electrons. The molecule has 0 radical (unpaired) electrons. The molecule has 0 saturated heterocycles. The van der Waals surface area contributed by atoms with Gasteiger partial charge in [-0.25, -0.2) is 23.9 Å². The molecular weight excluding hydrogens is 415 g/mol. The summed E-state index contributed by atoms with van der Waals surface area (Å²) in [5.41, 5.74) is 7.81. The predicted octanol–water partition coefficient (Wildman–Crippen LogP) is 2.94. The lowest BCUT2D eigenvalue weighted by Crippen LogP contribution is -2.09. The number of rotatable bonds is 5. The minimum Gasteiger partial charge on any atom is -0.493 e. The van der Waals surface area contributed by atoms with E-state index in [-0.39, 0.29) is 5.82 Å². The van der Waals surface area contributed by atoms with E-state index in [9.17, 15) is 0 Å². The summed E-state index contributed by atoms with van der Waals surface area (Å²) < 4.78 is 30.2. The van der Waals surface area contributed by atoms with Crippen LogP contribution in [-0.4, -0.2) is 41.5 Å². The van der Waals surface area contributed by atoms with Gasteiger partial charge in [0.15, 0.2) is 29.2 Å². The summed E-state index contributed by atoms with van der Waals surface area (Å²) in [6.45, 7) is 1.81. The summed E-state index contributed by atoms with van der Waals surface area (Å²) in [5.74, 6) is 0.904. The Hall–Kier alpha value is -4.28. The lowest BCUT2D eigenvalue weighted by atomic mass is 10.0. The number of fused-ring (bicyclic) bond motifs is 2. The minimum absolute atomic E-state index is 0.178. The molecule has 0 unspecified atom stereocenters. The van der Waals surface area contributed by atoms with E-state index in [0.29, 0.717) is 44.9 Å². The molecule has 2 N–H and O–H groups in total. The van der Waals surface area contributed by atoms with Gasteiger partial charge >= 0.3 is 0 Å². The zero-order chi connectivity index (χ0) is 22.4. The Labute approximate surface area is 181 Å². The van der Waals surface area contributed by atoms with Gasteiger partial charge in [-0.1, -0.05) is 0 Å². The Bertz CT molecular complexity index is 1460. The number of pyridine rings is 1. The van der Waals surface area contributed by atoms with Gasteiger partial charge < -0.3 is 15.2 Å². The molecule has 1 atom stereocenters. The van der Waals surface area contributed by atoms with Crippen molar-refractivity contribution >= 4 is 22.2 Å². The van der Waals surface area contributed by atoms with Gasteiger partial charge in [0, 0.05) is 24.4 Å². The third-order valence-electron chi connectivity index (χ3n) is 5.16. The molecule has 5 aromatic rings. The topological polar surface area (TPSA) is 118 Å². The first kappa shape index (κ1) is 19.7. The van der Waals surface area contributed by atoms with E-state index >= 15 is 4.39 Å². The number of hydrogen-bond acceptors (Lipinski definition) is 8. The fourth-order valence-electron chi connectivity index (χ4n) is 3.63. The third kappa shape index (κ3) is 3.06. The Kier molecular flexibility index (Phi) is 4.58. The van der Waals surface area contributed by atoms with E-state index in [0.717, 1.165) is 0 Å². The molecule has 0 saturated carbocycles. The fraction of sp³-hybridized carbons (Fsp3) is 0.190. The second kappa shape index (κ2) is 7.45. The maximum Gasteiger partial charge on any atom is 0.191 e. The summed E-state index contributed by atoms with van der Waals surface area (Å²) in [6, 6.07) is 4.90. The van der Waals surface area contributed by atoms with Crippen LogP contribution in [0.2, 0.25) is 0 Å². The number of ether oxygens (including phenoxy) is 2. The molecule has 0 aliphatic heterocycles. The van der Waals surface area contributed by atoms with Crippen molar-refractivity contribution in [1.29, 1.82) is 0 Å². The molecule has 0 aliphatic rings. The van der Waals surface area contributed by atoms with E-state index < -0.39 is 11.9 Å². The van der Waals surface area contributed by atoms with Gasteiger partial charge in [0.1, 0.15) is 24.0 Å². The van der Waals surface area contributed by atoms with Gasteiger partial charge in [-0.3, -0.25) is 4.68 Å². The van der Waals surface area contributed by atoms with Crippen LogP contribution in [0.3, 0.4) is 0 Å². The average molecular weight is 434 g/mol. The summed E-state index contributed by atoms with van der Waals surface area (Å²) in [6.07, 6.45) is 5.61. The van der Waals surface area contributed by atoms with Crippen LogP contribution in [0, 0.1) is 5.82 Å². The first-order chi connectivity index (χ1) is 15.5. The SMILES string of the molecule is COc1cc(-c2ccn3nccc3c2F)c2ncnc(N)c2c1O[C@H](C)c1ncn(C)n1. The molecule has 0 bridgehead atoms. The molecular formula is C21H19FN8O2. The molecule has 10 nitrogen and oxygen atoms in total. The normalized spacial score (nSPS) is 12.4. The number of hydrogen-bond donors (Lipinski definition) is 1. The molecule has 4 heterocycles. The smallest absolute Gasteiger partial charge is 0.191 e. The van der Waals surface area contributed by atoms with Gasteiger partial charge in [0.2, 0.25) is 0 Å². The minimum atomic E-state index is -0.515. The average Bonchev–Trinajstić information content (AvgIpc) is 3.44. The molecule has 0 amide bonds. The van der Waals surface area contributed by atoms with Crippen LogP contribution in [0.25, 0.3) is 27.5 Å². The van der Waals surface area contributed by atoms with E-state index in [1.54, 1.807) is 42.5 Å². The Morgan fingerprint density at radius 3 is 2.75 bits per heavy atom. The Morgan fingerprint density at radius 2 is 2.00 bits per heavy atom. The summed E-state index contributed by atoms with van der Waals surface area (Å²) in [7, 11) is 3.27. The molecule has 0 spiro atoms. The van der Waals surface area contributed by atoms with E-state index in [1.165, 1.54) is 24.1 Å². The first-order valence-corrected chi connectivity index (χ1v) is 9.73. The highest BCUT2D eigenvalue weighted by atomic mass is 19.1. The van der Waals surface area contributed by atoms with E-state index in [1.807, 2.05) is 6.92 Å². The summed E-state index contributed by atoms with van der Waals surface area (Å²) in [5, 5.41) is 8.77. The number of aromatic nitrogens is 7. The zero-order valence-electron chi connectivity index (χ0n) is 17.5. The van der Waals surface area contributed by atoms with Crippen molar-refractivity contribution in [3.63, 3.8) is 0 Å². The quantitative estimate of drug-likeness (QED) is 0.449. The first-order valence-electron chi connectivity index (χ1n) is 9.73. The number of nitrogens with two attached hydrogens (primary N) is 1. The highest BCUT2D eigenvalue weighted by Gasteiger charge is 2.24. The van der Waals surface area contributed by atoms with Gasteiger partial charge in [-0.05, 0) is 25.1 Å². The third-order valence-corrected chi connectivity index (χ3v) is 5.16. The number of methoxy groups -OCH3 is 1. The molecule has 5 rings (SSSR count). The lowest BCUT2D eigenvalue weighted by Gasteiger charge is -2.19. The van der Waals surface area contributed by atoms with Crippen molar-refractivity contribution in [2.75, 3.05) is 12.8 Å². The zero-order valence-corrected chi connectivity index (χ0v) is 17.5. The van der Waals surface area contributed by atoms with Crippen LogP contribution in [0.4, 0.5) is 10.2 Å². The highest BCUT2D eigenvalue weighted by Crippen LogP contribution is 2.45.